The van der Waals surface area contributed by atoms with E-state index in [4.69, 9.17) is 10.6 Å². The van der Waals surface area contributed by atoms with Crippen LogP contribution in [0.4, 0.5) is 5.82 Å². The van der Waals surface area contributed by atoms with Crippen LogP contribution in [0.25, 0.3) is 0 Å². The first-order valence-electron chi connectivity index (χ1n) is 6.25. The highest BCUT2D eigenvalue weighted by Crippen LogP contribution is 2.42. The van der Waals surface area contributed by atoms with E-state index < -0.39 is 0 Å². The Morgan fingerprint density at radius 1 is 1.58 bits per heavy atom. The second kappa shape index (κ2) is 5.14. The molecule has 6 nitrogen and oxygen atoms in total. The third-order valence-corrected chi connectivity index (χ3v) is 3.94. The van der Waals surface area contributed by atoms with Gasteiger partial charge in [0, 0.05) is 30.3 Å². The van der Waals surface area contributed by atoms with Gasteiger partial charge >= 0.3 is 0 Å². The Morgan fingerprint density at radius 2 is 2.32 bits per heavy atom. The van der Waals surface area contributed by atoms with Crippen LogP contribution >= 0.6 is 0 Å². The molecule has 1 saturated carbocycles. The lowest BCUT2D eigenvalue weighted by molar-refractivity contribution is -0.0942. The van der Waals surface area contributed by atoms with Gasteiger partial charge < -0.3 is 15.5 Å². The van der Waals surface area contributed by atoms with Crippen LogP contribution in [0.3, 0.4) is 0 Å². The van der Waals surface area contributed by atoms with Crippen molar-refractivity contribution in [3.05, 3.63) is 23.9 Å². The van der Waals surface area contributed by atoms with E-state index in [1.165, 1.54) is 0 Å². The number of anilines is 1. The Kier molecular flexibility index (Phi) is 3.73. The maximum absolute atomic E-state index is 12.2. The molecule has 2 atom stereocenters. The predicted molar refractivity (Wildman–Crippen MR) is 72.5 cm³/mol. The number of carbonyl (C=O) groups is 1. The van der Waals surface area contributed by atoms with Crippen molar-refractivity contribution >= 4 is 11.7 Å². The van der Waals surface area contributed by atoms with E-state index in [1.807, 2.05) is 0 Å². The zero-order chi connectivity index (χ0) is 14.0. The van der Waals surface area contributed by atoms with Crippen LogP contribution in [0.15, 0.2) is 18.3 Å². The van der Waals surface area contributed by atoms with E-state index >= 15 is 0 Å². The number of rotatable bonds is 4. The fraction of sp³-hybridized carbons (Fsp3) is 0.538. The first kappa shape index (κ1) is 13.8. The van der Waals surface area contributed by atoms with Crippen LogP contribution in [0.1, 0.15) is 30.6 Å². The van der Waals surface area contributed by atoms with Crippen molar-refractivity contribution in [3.63, 3.8) is 0 Å². The molecule has 1 aliphatic carbocycles. The molecule has 0 radical (unpaired) electrons. The number of methoxy groups -OCH3 is 1. The number of hydrogen-bond donors (Lipinski definition) is 3. The van der Waals surface area contributed by atoms with Gasteiger partial charge in [-0.2, -0.15) is 0 Å². The monoisotopic (exact) mass is 264 g/mol. The second-order valence-electron chi connectivity index (χ2n) is 5.38. The van der Waals surface area contributed by atoms with Crippen molar-refractivity contribution < 1.29 is 9.53 Å². The van der Waals surface area contributed by atoms with Gasteiger partial charge in [0.05, 0.1) is 6.10 Å². The first-order chi connectivity index (χ1) is 8.98. The molecule has 0 aliphatic heterocycles. The molecular weight excluding hydrogens is 244 g/mol. The van der Waals surface area contributed by atoms with Crippen LogP contribution in [0, 0.1) is 5.41 Å². The van der Waals surface area contributed by atoms with E-state index in [0.717, 1.165) is 6.42 Å². The van der Waals surface area contributed by atoms with Crippen molar-refractivity contribution in [1.82, 2.24) is 10.3 Å². The van der Waals surface area contributed by atoms with Gasteiger partial charge in [-0.25, -0.2) is 10.8 Å². The van der Waals surface area contributed by atoms with Crippen molar-refractivity contribution in [1.29, 1.82) is 0 Å². The number of ether oxygens (including phenoxy) is 1. The van der Waals surface area contributed by atoms with Gasteiger partial charge in [0.2, 0.25) is 0 Å². The number of carbonyl (C=O) groups excluding carboxylic acids is 1. The Labute approximate surface area is 112 Å². The molecule has 1 amide bonds. The molecule has 0 saturated heterocycles. The average Bonchev–Trinajstić information content (AvgIpc) is 2.42. The molecular formula is C13H20N4O2. The highest BCUT2D eigenvalue weighted by atomic mass is 16.5. The molecule has 0 bridgehead atoms. The molecule has 104 valence electrons. The van der Waals surface area contributed by atoms with Crippen LogP contribution < -0.4 is 16.6 Å². The quantitative estimate of drug-likeness (QED) is 0.555. The standard InChI is InChI=1S/C13H20N4O2/c1-13(2)9(7-10(13)19-3)16-12(18)8-4-5-15-11(6-8)17-14/h4-6,9-10H,7,14H2,1-3H3,(H,15,17)(H,16,18). The van der Waals surface area contributed by atoms with Crippen LogP contribution in [0.2, 0.25) is 0 Å². The molecule has 1 aromatic heterocycles. The molecule has 6 heteroatoms. The SMILES string of the molecule is COC1CC(NC(=O)c2ccnc(NN)c2)C1(C)C. The number of aromatic nitrogens is 1. The number of pyridine rings is 1. The highest BCUT2D eigenvalue weighted by molar-refractivity contribution is 5.95. The number of nitrogens with two attached hydrogens (primary N) is 1. The van der Waals surface area contributed by atoms with Gasteiger partial charge in [-0.1, -0.05) is 13.8 Å². The molecule has 1 fully saturated rings. The zero-order valence-electron chi connectivity index (χ0n) is 11.4. The van der Waals surface area contributed by atoms with Gasteiger partial charge in [0.1, 0.15) is 5.82 Å². The Hall–Kier alpha value is -1.66. The molecule has 1 heterocycles. The number of hydrazine groups is 1. The molecule has 2 unspecified atom stereocenters. The van der Waals surface area contributed by atoms with Gasteiger partial charge in [0.15, 0.2) is 0 Å². The summed E-state index contributed by atoms with van der Waals surface area (Å²) in [5.41, 5.74) is 2.92. The van der Waals surface area contributed by atoms with E-state index in [0.29, 0.717) is 11.4 Å². The Balaban J connectivity index is 2.02. The van der Waals surface area contributed by atoms with E-state index in [1.54, 1.807) is 25.4 Å². The maximum Gasteiger partial charge on any atom is 0.251 e. The van der Waals surface area contributed by atoms with Gasteiger partial charge in [-0.3, -0.25) is 4.79 Å². The highest BCUT2D eigenvalue weighted by Gasteiger charge is 2.49. The van der Waals surface area contributed by atoms with Gasteiger partial charge in [-0.15, -0.1) is 0 Å². The van der Waals surface area contributed by atoms with Gasteiger partial charge in [0.25, 0.3) is 5.91 Å². The summed E-state index contributed by atoms with van der Waals surface area (Å²) >= 11 is 0. The lowest BCUT2D eigenvalue weighted by Gasteiger charge is -2.51. The molecule has 4 N–H and O–H groups in total. The normalized spacial score (nSPS) is 24.4. The topological polar surface area (TPSA) is 89.3 Å². The summed E-state index contributed by atoms with van der Waals surface area (Å²) in [5, 5.41) is 3.02. The second-order valence-corrected chi connectivity index (χ2v) is 5.38. The summed E-state index contributed by atoms with van der Waals surface area (Å²) in [7, 11) is 1.70. The first-order valence-corrected chi connectivity index (χ1v) is 6.25. The number of nitrogens with one attached hydrogen (secondary N) is 2. The van der Waals surface area contributed by atoms with Crippen LogP contribution in [-0.2, 0) is 4.74 Å². The van der Waals surface area contributed by atoms with E-state index in [2.05, 4.69) is 29.6 Å². The van der Waals surface area contributed by atoms with E-state index in [9.17, 15) is 4.79 Å². The fourth-order valence-corrected chi connectivity index (χ4v) is 2.42. The molecule has 2 rings (SSSR count). The lowest BCUT2D eigenvalue weighted by Crippen LogP contribution is -2.61. The van der Waals surface area contributed by atoms with Crippen LogP contribution in [0.5, 0.6) is 0 Å². The minimum absolute atomic E-state index is 0.0492. The van der Waals surface area contributed by atoms with Crippen molar-refractivity contribution in [2.75, 3.05) is 12.5 Å². The predicted octanol–water partition coefficient (Wildman–Crippen LogP) is 0.911. The fourth-order valence-electron chi connectivity index (χ4n) is 2.42. The Morgan fingerprint density at radius 3 is 2.89 bits per heavy atom. The summed E-state index contributed by atoms with van der Waals surface area (Å²) in [6, 6.07) is 3.40. The number of nitrogen functional groups attached to an aromatic ring is 1. The summed E-state index contributed by atoms with van der Waals surface area (Å²) in [4.78, 5) is 16.1. The number of nitrogens with zero attached hydrogens (tertiary/aromatic N) is 1. The van der Waals surface area contributed by atoms with E-state index in [-0.39, 0.29) is 23.5 Å². The average molecular weight is 264 g/mol. The molecule has 19 heavy (non-hydrogen) atoms. The lowest BCUT2D eigenvalue weighted by atomic mass is 9.64. The molecule has 1 aliphatic rings. The van der Waals surface area contributed by atoms with Crippen molar-refractivity contribution in [2.45, 2.75) is 32.4 Å². The Bertz CT molecular complexity index is 475. The minimum Gasteiger partial charge on any atom is -0.381 e. The summed E-state index contributed by atoms with van der Waals surface area (Å²) in [5.74, 6) is 5.62. The minimum atomic E-state index is -0.119. The summed E-state index contributed by atoms with van der Waals surface area (Å²) in [6.07, 6.45) is 2.58. The number of amides is 1. The third kappa shape index (κ3) is 2.54. The largest absolute Gasteiger partial charge is 0.381 e. The summed E-state index contributed by atoms with van der Waals surface area (Å²) < 4.78 is 5.37. The van der Waals surface area contributed by atoms with Crippen LogP contribution in [-0.4, -0.2) is 30.1 Å². The van der Waals surface area contributed by atoms with Crippen molar-refractivity contribution in [2.24, 2.45) is 11.3 Å². The van der Waals surface area contributed by atoms with Gasteiger partial charge in [-0.05, 0) is 18.6 Å². The molecule has 0 aromatic carbocycles. The molecule has 0 spiro atoms. The maximum atomic E-state index is 12.2. The summed E-state index contributed by atoms with van der Waals surface area (Å²) in [6.45, 7) is 4.18. The number of hydrogen-bond acceptors (Lipinski definition) is 5. The third-order valence-electron chi connectivity index (χ3n) is 3.94. The smallest absolute Gasteiger partial charge is 0.251 e. The zero-order valence-corrected chi connectivity index (χ0v) is 11.4. The van der Waals surface area contributed by atoms with Crippen molar-refractivity contribution in [3.8, 4) is 0 Å². The molecule has 1 aromatic rings.